The normalized spacial score (nSPS) is 27.6. The largest absolute Gasteiger partial charge is 0.325 e. The van der Waals surface area contributed by atoms with Crippen LogP contribution in [0.15, 0.2) is 0 Å². The quantitative estimate of drug-likeness (QED) is 0.719. The molecule has 1 heteroatoms. The van der Waals surface area contributed by atoms with Gasteiger partial charge in [-0.25, -0.2) is 0 Å². The van der Waals surface area contributed by atoms with Crippen LogP contribution in [0.4, 0.5) is 0 Å². The summed E-state index contributed by atoms with van der Waals surface area (Å²) in [5.41, 5.74) is 7.17. The lowest BCUT2D eigenvalue weighted by atomic mass is 9.64. The van der Waals surface area contributed by atoms with Gasteiger partial charge in [-0.2, -0.15) is 0 Å². The summed E-state index contributed by atoms with van der Waals surface area (Å²) in [6.45, 7) is 11.6. The van der Waals surface area contributed by atoms with Crippen LogP contribution in [-0.2, 0) is 0 Å². The summed E-state index contributed by atoms with van der Waals surface area (Å²) in [7, 11) is 0. The van der Waals surface area contributed by atoms with E-state index in [9.17, 15) is 0 Å². The summed E-state index contributed by atoms with van der Waals surface area (Å²) in [5, 5.41) is 0. The standard InChI is InChI=1S/C13H27N/c1-10(2)11(3)13(14)8-6-12(4,5)7-9-13/h10-11H,6-9,14H2,1-5H3. The molecule has 0 spiro atoms. The molecular formula is C13H27N. The Morgan fingerprint density at radius 2 is 1.36 bits per heavy atom. The molecule has 1 rings (SSSR count). The minimum absolute atomic E-state index is 0.115. The van der Waals surface area contributed by atoms with Crippen molar-refractivity contribution in [2.45, 2.75) is 65.8 Å². The van der Waals surface area contributed by atoms with E-state index in [2.05, 4.69) is 34.6 Å². The van der Waals surface area contributed by atoms with Crippen molar-refractivity contribution in [2.75, 3.05) is 0 Å². The Bertz CT molecular complexity index is 183. The summed E-state index contributed by atoms with van der Waals surface area (Å²) in [4.78, 5) is 0. The van der Waals surface area contributed by atoms with Gasteiger partial charge < -0.3 is 5.73 Å². The van der Waals surface area contributed by atoms with Crippen LogP contribution in [-0.4, -0.2) is 5.54 Å². The van der Waals surface area contributed by atoms with E-state index in [0.29, 0.717) is 17.3 Å². The van der Waals surface area contributed by atoms with Gasteiger partial charge in [-0.15, -0.1) is 0 Å². The first-order valence-corrected chi connectivity index (χ1v) is 6.06. The highest BCUT2D eigenvalue weighted by molar-refractivity contribution is 4.96. The van der Waals surface area contributed by atoms with Crippen LogP contribution in [0.3, 0.4) is 0 Å². The van der Waals surface area contributed by atoms with Crippen LogP contribution in [0.1, 0.15) is 60.3 Å². The molecule has 0 aromatic rings. The fraction of sp³-hybridized carbons (Fsp3) is 1.00. The topological polar surface area (TPSA) is 26.0 Å². The molecule has 1 atom stereocenters. The van der Waals surface area contributed by atoms with Crippen molar-refractivity contribution in [3.63, 3.8) is 0 Å². The molecule has 1 nitrogen and oxygen atoms in total. The number of nitrogens with two attached hydrogens (primary N) is 1. The van der Waals surface area contributed by atoms with Crippen LogP contribution in [0.25, 0.3) is 0 Å². The van der Waals surface area contributed by atoms with Gasteiger partial charge >= 0.3 is 0 Å². The molecule has 0 aromatic heterocycles. The third-order valence-electron chi connectivity index (χ3n) is 4.44. The number of rotatable bonds is 2. The molecule has 1 saturated carbocycles. The lowest BCUT2D eigenvalue weighted by Crippen LogP contribution is -2.51. The summed E-state index contributed by atoms with van der Waals surface area (Å²) < 4.78 is 0. The molecule has 0 bridgehead atoms. The predicted octanol–water partition coefficient (Wildman–Crippen LogP) is 3.58. The second-order valence-corrected chi connectivity index (χ2v) is 6.43. The molecule has 0 radical (unpaired) electrons. The van der Waals surface area contributed by atoms with Crippen LogP contribution in [0, 0.1) is 17.3 Å². The third kappa shape index (κ3) is 2.50. The van der Waals surface area contributed by atoms with Crippen molar-refractivity contribution in [3.8, 4) is 0 Å². The molecule has 0 saturated heterocycles. The molecule has 0 amide bonds. The first kappa shape index (κ1) is 12.0. The Morgan fingerprint density at radius 1 is 0.929 bits per heavy atom. The summed E-state index contributed by atoms with van der Waals surface area (Å²) in [6, 6.07) is 0. The van der Waals surface area contributed by atoms with Gasteiger partial charge in [0.1, 0.15) is 0 Å². The molecule has 0 aliphatic heterocycles. The average molecular weight is 197 g/mol. The fourth-order valence-corrected chi connectivity index (χ4v) is 2.51. The first-order chi connectivity index (χ1) is 6.27. The second-order valence-electron chi connectivity index (χ2n) is 6.43. The third-order valence-corrected chi connectivity index (χ3v) is 4.44. The molecule has 14 heavy (non-hydrogen) atoms. The highest BCUT2D eigenvalue weighted by Crippen LogP contribution is 2.43. The monoisotopic (exact) mass is 197 g/mol. The number of hydrogen-bond donors (Lipinski definition) is 1. The Morgan fingerprint density at radius 3 is 1.71 bits per heavy atom. The van der Waals surface area contributed by atoms with Gasteiger partial charge in [-0.1, -0.05) is 34.6 Å². The van der Waals surface area contributed by atoms with Crippen molar-refractivity contribution >= 4 is 0 Å². The van der Waals surface area contributed by atoms with E-state index in [1.54, 1.807) is 0 Å². The van der Waals surface area contributed by atoms with Gasteiger partial charge in [0.25, 0.3) is 0 Å². The van der Waals surface area contributed by atoms with Crippen molar-refractivity contribution in [3.05, 3.63) is 0 Å². The van der Waals surface area contributed by atoms with Crippen LogP contribution < -0.4 is 5.73 Å². The smallest absolute Gasteiger partial charge is 0.0183 e. The van der Waals surface area contributed by atoms with E-state index in [1.807, 2.05) is 0 Å². The zero-order chi connectivity index (χ0) is 11.0. The van der Waals surface area contributed by atoms with E-state index in [0.717, 1.165) is 0 Å². The van der Waals surface area contributed by atoms with Gasteiger partial charge in [0.2, 0.25) is 0 Å². The van der Waals surface area contributed by atoms with E-state index >= 15 is 0 Å². The van der Waals surface area contributed by atoms with Crippen LogP contribution >= 0.6 is 0 Å². The summed E-state index contributed by atoms with van der Waals surface area (Å²) >= 11 is 0. The van der Waals surface area contributed by atoms with Gasteiger partial charge in [0.15, 0.2) is 0 Å². The molecule has 84 valence electrons. The zero-order valence-corrected chi connectivity index (χ0v) is 10.6. The highest BCUT2D eigenvalue weighted by atomic mass is 14.8. The SMILES string of the molecule is CC(C)C(C)C1(N)CCC(C)(C)CC1. The molecular weight excluding hydrogens is 170 g/mol. The molecule has 0 aromatic carbocycles. The maximum absolute atomic E-state index is 6.52. The van der Waals surface area contributed by atoms with E-state index in [-0.39, 0.29) is 5.54 Å². The maximum atomic E-state index is 6.52. The highest BCUT2D eigenvalue weighted by Gasteiger charge is 2.39. The van der Waals surface area contributed by atoms with Crippen molar-refractivity contribution < 1.29 is 0 Å². The van der Waals surface area contributed by atoms with Gasteiger partial charge in [0, 0.05) is 5.54 Å². The minimum atomic E-state index is 0.115. The van der Waals surface area contributed by atoms with Crippen molar-refractivity contribution in [1.29, 1.82) is 0 Å². The second kappa shape index (κ2) is 3.84. The fourth-order valence-electron chi connectivity index (χ4n) is 2.51. The molecule has 2 N–H and O–H groups in total. The zero-order valence-electron chi connectivity index (χ0n) is 10.6. The molecule has 1 aliphatic rings. The Kier molecular flexibility index (Phi) is 3.30. The first-order valence-electron chi connectivity index (χ1n) is 6.06. The average Bonchev–Trinajstić information content (AvgIpc) is 2.09. The molecule has 0 heterocycles. The van der Waals surface area contributed by atoms with Gasteiger partial charge in [-0.05, 0) is 42.9 Å². The predicted molar refractivity (Wildman–Crippen MR) is 63.2 cm³/mol. The summed E-state index contributed by atoms with van der Waals surface area (Å²) in [5.74, 6) is 1.36. The molecule has 1 aliphatic carbocycles. The van der Waals surface area contributed by atoms with E-state index in [4.69, 9.17) is 5.73 Å². The Hall–Kier alpha value is -0.0400. The van der Waals surface area contributed by atoms with Crippen molar-refractivity contribution in [1.82, 2.24) is 0 Å². The lowest BCUT2D eigenvalue weighted by molar-refractivity contribution is 0.103. The van der Waals surface area contributed by atoms with Gasteiger partial charge in [0.05, 0.1) is 0 Å². The Balaban J connectivity index is 2.61. The molecule has 1 fully saturated rings. The Labute approximate surface area is 89.5 Å². The van der Waals surface area contributed by atoms with E-state index < -0.39 is 0 Å². The molecule has 1 unspecified atom stereocenters. The van der Waals surface area contributed by atoms with Crippen LogP contribution in [0.2, 0.25) is 0 Å². The van der Waals surface area contributed by atoms with Crippen molar-refractivity contribution in [2.24, 2.45) is 23.0 Å². The van der Waals surface area contributed by atoms with Crippen LogP contribution in [0.5, 0.6) is 0 Å². The summed E-state index contributed by atoms with van der Waals surface area (Å²) in [6.07, 6.45) is 5.00. The van der Waals surface area contributed by atoms with E-state index in [1.165, 1.54) is 25.7 Å². The number of hydrogen-bond acceptors (Lipinski definition) is 1. The van der Waals surface area contributed by atoms with Gasteiger partial charge in [-0.3, -0.25) is 0 Å². The minimum Gasteiger partial charge on any atom is -0.325 e. The lowest BCUT2D eigenvalue weighted by Gasteiger charge is -2.46. The maximum Gasteiger partial charge on any atom is 0.0183 e.